The topological polar surface area (TPSA) is 30.5 Å². The molecule has 1 atom stereocenters. The van der Waals surface area contributed by atoms with Gasteiger partial charge in [-0.2, -0.15) is 0 Å². The molecule has 0 aromatic rings. The van der Waals surface area contributed by atoms with Crippen LogP contribution in [0.5, 0.6) is 0 Å². The molecule has 22 heavy (non-hydrogen) atoms. The van der Waals surface area contributed by atoms with Gasteiger partial charge < -0.3 is 14.8 Å². The van der Waals surface area contributed by atoms with Crippen LogP contribution >= 0.6 is 0 Å². The molecule has 2 aliphatic carbocycles. The van der Waals surface area contributed by atoms with Crippen molar-refractivity contribution in [3.63, 3.8) is 0 Å². The minimum absolute atomic E-state index is 0.167. The highest BCUT2D eigenvalue weighted by molar-refractivity contribution is 5.19. The summed E-state index contributed by atoms with van der Waals surface area (Å²) in [4.78, 5) is 0. The minimum Gasteiger partial charge on any atom is -0.493 e. The standard InChI is InChI=1S/C19H33NO2/c1-18(2,3)13-21-15-8-7-9-16(12-15)22-17-10-14(11-17)20-19(4,5)6/h7-8,12,14,16-17,20H,9-11,13H2,1-6H3/t14-,16-,17+/m1/s1. The van der Waals surface area contributed by atoms with E-state index in [9.17, 15) is 0 Å². The molecule has 0 aromatic carbocycles. The Bertz CT molecular complexity index is 420. The van der Waals surface area contributed by atoms with Crippen LogP contribution in [0.4, 0.5) is 0 Å². The van der Waals surface area contributed by atoms with E-state index in [4.69, 9.17) is 9.47 Å². The molecule has 0 saturated heterocycles. The molecule has 0 bridgehead atoms. The molecule has 0 unspecified atom stereocenters. The van der Waals surface area contributed by atoms with E-state index in [0.717, 1.165) is 31.6 Å². The van der Waals surface area contributed by atoms with Crippen LogP contribution in [0.2, 0.25) is 0 Å². The molecule has 1 saturated carbocycles. The molecular weight excluding hydrogens is 274 g/mol. The van der Waals surface area contributed by atoms with E-state index >= 15 is 0 Å². The summed E-state index contributed by atoms with van der Waals surface area (Å²) in [7, 11) is 0. The van der Waals surface area contributed by atoms with Gasteiger partial charge in [-0.15, -0.1) is 0 Å². The van der Waals surface area contributed by atoms with E-state index in [2.05, 4.69) is 65.1 Å². The van der Waals surface area contributed by atoms with E-state index in [1.807, 2.05) is 0 Å². The van der Waals surface area contributed by atoms with Gasteiger partial charge in [0.1, 0.15) is 5.76 Å². The van der Waals surface area contributed by atoms with Crippen LogP contribution in [-0.2, 0) is 9.47 Å². The zero-order valence-corrected chi connectivity index (χ0v) is 15.1. The average Bonchev–Trinajstić information content (AvgIpc) is 2.32. The van der Waals surface area contributed by atoms with Crippen LogP contribution in [0.25, 0.3) is 0 Å². The molecule has 0 heterocycles. The molecule has 2 aliphatic rings. The summed E-state index contributed by atoms with van der Waals surface area (Å²) < 4.78 is 12.1. The van der Waals surface area contributed by atoms with Crippen molar-refractivity contribution in [1.29, 1.82) is 0 Å². The Kier molecular flexibility index (Phi) is 5.39. The molecule has 0 spiro atoms. The first kappa shape index (κ1) is 17.6. The summed E-state index contributed by atoms with van der Waals surface area (Å²) in [6.45, 7) is 13.9. The van der Waals surface area contributed by atoms with E-state index in [0.29, 0.717) is 12.1 Å². The molecule has 0 aliphatic heterocycles. The number of nitrogens with one attached hydrogen (secondary N) is 1. The number of ether oxygens (including phenoxy) is 2. The number of hydrogen-bond donors (Lipinski definition) is 1. The Hall–Kier alpha value is -0.800. The Labute approximate surface area is 136 Å². The zero-order valence-electron chi connectivity index (χ0n) is 15.1. The Morgan fingerprint density at radius 1 is 1.14 bits per heavy atom. The highest BCUT2D eigenvalue weighted by atomic mass is 16.5. The van der Waals surface area contributed by atoms with E-state index in [1.54, 1.807) is 0 Å². The molecule has 3 nitrogen and oxygen atoms in total. The van der Waals surface area contributed by atoms with Crippen molar-refractivity contribution < 1.29 is 9.47 Å². The molecule has 3 heteroatoms. The average molecular weight is 307 g/mol. The SMILES string of the molecule is CC(C)(C)COC1=C[C@H](O[C@H]2C[C@@H](NC(C)(C)C)C2)CC=C1. The maximum Gasteiger partial charge on any atom is 0.117 e. The van der Waals surface area contributed by atoms with Gasteiger partial charge in [0.05, 0.1) is 18.8 Å². The van der Waals surface area contributed by atoms with Gasteiger partial charge in [0.2, 0.25) is 0 Å². The lowest BCUT2D eigenvalue weighted by atomic mass is 9.87. The Balaban J connectivity index is 1.73. The number of rotatable bonds is 5. The summed E-state index contributed by atoms with van der Waals surface area (Å²) in [6.07, 6.45) is 10.1. The van der Waals surface area contributed by atoms with E-state index in [1.165, 1.54) is 0 Å². The third-order valence-corrected chi connectivity index (χ3v) is 3.77. The van der Waals surface area contributed by atoms with Crippen LogP contribution < -0.4 is 5.32 Å². The first-order chi connectivity index (χ1) is 10.1. The fraction of sp³-hybridized carbons (Fsp3) is 0.789. The van der Waals surface area contributed by atoms with Gasteiger partial charge in [-0.25, -0.2) is 0 Å². The predicted molar refractivity (Wildman–Crippen MR) is 91.8 cm³/mol. The van der Waals surface area contributed by atoms with Crippen LogP contribution in [0.1, 0.15) is 60.8 Å². The second-order valence-electron chi connectivity index (χ2n) is 8.92. The van der Waals surface area contributed by atoms with Gasteiger partial charge in [0.15, 0.2) is 0 Å². The summed E-state index contributed by atoms with van der Waals surface area (Å²) in [5, 5.41) is 3.63. The fourth-order valence-electron chi connectivity index (χ4n) is 2.77. The summed E-state index contributed by atoms with van der Waals surface area (Å²) in [6, 6.07) is 0.602. The first-order valence-electron chi connectivity index (χ1n) is 8.55. The van der Waals surface area contributed by atoms with Crippen molar-refractivity contribution in [2.75, 3.05) is 6.61 Å². The van der Waals surface area contributed by atoms with Gasteiger partial charge in [-0.1, -0.05) is 26.8 Å². The normalized spacial score (nSPS) is 29.0. The Morgan fingerprint density at radius 2 is 1.82 bits per heavy atom. The van der Waals surface area contributed by atoms with E-state index in [-0.39, 0.29) is 17.1 Å². The smallest absolute Gasteiger partial charge is 0.117 e. The van der Waals surface area contributed by atoms with Gasteiger partial charge in [0.25, 0.3) is 0 Å². The summed E-state index contributed by atoms with van der Waals surface area (Å²) in [5.41, 5.74) is 0.374. The number of allylic oxidation sites excluding steroid dienone is 1. The largest absolute Gasteiger partial charge is 0.493 e. The molecule has 1 fully saturated rings. The van der Waals surface area contributed by atoms with Gasteiger partial charge >= 0.3 is 0 Å². The molecule has 0 aromatic heterocycles. The molecule has 2 rings (SSSR count). The number of hydrogen-bond acceptors (Lipinski definition) is 3. The third-order valence-electron chi connectivity index (χ3n) is 3.77. The van der Waals surface area contributed by atoms with Crippen LogP contribution in [-0.4, -0.2) is 30.4 Å². The van der Waals surface area contributed by atoms with Crippen LogP contribution in [0, 0.1) is 5.41 Å². The Morgan fingerprint density at radius 3 is 2.41 bits per heavy atom. The third kappa shape index (κ3) is 6.13. The monoisotopic (exact) mass is 307 g/mol. The summed E-state index contributed by atoms with van der Waals surface area (Å²) in [5.74, 6) is 0.954. The van der Waals surface area contributed by atoms with Crippen molar-refractivity contribution >= 4 is 0 Å². The molecule has 126 valence electrons. The van der Waals surface area contributed by atoms with Gasteiger partial charge in [0, 0.05) is 11.6 Å². The van der Waals surface area contributed by atoms with Crippen molar-refractivity contribution in [1.82, 2.24) is 5.32 Å². The predicted octanol–water partition coefficient (Wildman–Crippen LogP) is 4.20. The van der Waals surface area contributed by atoms with Gasteiger partial charge in [-0.05, 0) is 57.6 Å². The second kappa shape index (κ2) is 6.76. The van der Waals surface area contributed by atoms with Crippen molar-refractivity contribution in [2.24, 2.45) is 5.41 Å². The van der Waals surface area contributed by atoms with Crippen LogP contribution in [0.3, 0.4) is 0 Å². The van der Waals surface area contributed by atoms with Crippen molar-refractivity contribution in [3.05, 3.63) is 24.0 Å². The minimum atomic E-state index is 0.167. The second-order valence-corrected chi connectivity index (χ2v) is 8.92. The van der Waals surface area contributed by atoms with Crippen molar-refractivity contribution in [3.8, 4) is 0 Å². The van der Waals surface area contributed by atoms with Crippen molar-refractivity contribution in [2.45, 2.75) is 84.6 Å². The maximum atomic E-state index is 6.19. The molecule has 0 radical (unpaired) electrons. The fourth-order valence-corrected chi connectivity index (χ4v) is 2.77. The quantitative estimate of drug-likeness (QED) is 0.826. The zero-order chi connectivity index (χ0) is 16.4. The van der Waals surface area contributed by atoms with E-state index < -0.39 is 0 Å². The maximum absolute atomic E-state index is 6.19. The lowest BCUT2D eigenvalue weighted by Crippen LogP contribution is -2.53. The first-order valence-corrected chi connectivity index (χ1v) is 8.55. The lowest BCUT2D eigenvalue weighted by molar-refractivity contribution is -0.0502. The highest BCUT2D eigenvalue weighted by Gasteiger charge is 2.33. The molecular formula is C19H33NO2. The molecule has 0 amide bonds. The lowest BCUT2D eigenvalue weighted by Gasteiger charge is -2.41. The highest BCUT2D eigenvalue weighted by Crippen LogP contribution is 2.29. The summed E-state index contributed by atoms with van der Waals surface area (Å²) >= 11 is 0. The van der Waals surface area contributed by atoms with Gasteiger partial charge in [-0.3, -0.25) is 0 Å². The molecule has 1 N–H and O–H groups in total. The van der Waals surface area contributed by atoms with Crippen LogP contribution in [0.15, 0.2) is 24.0 Å².